The topological polar surface area (TPSA) is 54.4 Å². The Kier molecular flexibility index (Phi) is 5.28. The number of aliphatic imine (C=N–C) groups is 1. The number of benzene rings is 2. The first kappa shape index (κ1) is 17.6. The van der Waals surface area contributed by atoms with Crippen LogP contribution in [0, 0.1) is 6.92 Å². The lowest BCUT2D eigenvalue weighted by Gasteiger charge is -2.08. The summed E-state index contributed by atoms with van der Waals surface area (Å²) in [4.78, 5) is 21.8. The molecule has 1 N–H and O–H groups in total. The lowest BCUT2D eigenvalue weighted by atomic mass is 10.1. The number of anilines is 1. The molecule has 0 saturated heterocycles. The molecule has 0 saturated carbocycles. The van der Waals surface area contributed by atoms with Crippen LogP contribution in [0.1, 0.15) is 21.5 Å². The highest BCUT2D eigenvalue weighted by Gasteiger charge is 2.15. The van der Waals surface area contributed by atoms with E-state index in [0.717, 1.165) is 43.8 Å². The number of carbonyl (C=O) groups excluding carboxylic acids is 1. The molecular formula is C19H17N3OS3. The average Bonchev–Trinajstić information content (AvgIpc) is 3.30. The van der Waals surface area contributed by atoms with Gasteiger partial charge >= 0.3 is 0 Å². The molecule has 4 nitrogen and oxygen atoms in total. The van der Waals surface area contributed by atoms with E-state index in [1.807, 2.05) is 49.4 Å². The Bertz CT molecular complexity index is 997. The van der Waals surface area contributed by atoms with Crippen LogP contribution in [0.25, 0.3) is 10.2 Å². The van der Waals surface area contributed by atoms with E-state index in [2.05, 4.69) is 15.3 Å². The number of amides is 1. The van der Waals surface area contributed by atoms with E-state index < -0.39 is 0 Å². The molecule has 1 aliphatic rings. The zero-order valence-electron chi connectivity index (χ0n) is 14.2. The Morgan fingerprint density at radius 3 is 2.92 bits per heavy atom. The molecule has 1 amide bonds. The highest BCUT2D eigenvalue weighted by molar-refractivity contribution is 8.38. The second-order valence-corrected chi connectivity index (χ2v) is 9.17. The second-order valence-electron chi connectivity index (χ2n) is 5.84. The van der Waals surface area contributed by atoms with Crippen LogP contribution in [0.15, 0.2) is 47.5 Å². The predicted molar refractivity (Wildman–Crippen MR) is 115 cm³/mol. The quantitative estimate of drug-likeness (QED) is 0.656. The van der Waals surface area contributed by atoms with Gasteiger partial charge in [-0.1, -0.05) is 65.2 Å². The number of aromatic nitrogens is 1. The van der Waals surface area contributed by atoms with Crippen molar-refractivity contribution in [2.24, 2.45) is 4.99 Å². The minimum Gasteiger partial charge on any atom is -0.298 e. The van der Waals surface area contributed by atoms with Crippen molar-refractivity contribution in [3.05, 3.63) is 59.2 Å². The van der Waals surface area contributed by atoms with Crippen LogP contribution in [0.5, 0.6) is 0 Å². The van der Waals surface area contributed by atoms with Crippen molar-refractivity contribution >= 4 is 60.5 Å². The fraction of sp³-hybridized carbons (Fsp3) is 0.211. The summed E-state index contributed by atoms with van der Waals surface area (Å²) in [7, 11) is 0. The molecule has 0 unspecified atom stereocenters. The van der Waals surface area contributed by atoms with E-state index in [9.17, 15) is 4.79 Å². The highest BCUT2D eigenvalue weighted by atomic mass is 32.2. The van der Waals surface area contributed by atoms with E-state index in [-0.39, 0.29) is 5.91 Å². The van der Waals surface area contributed by atoms with Crippen molar-refractivity contribution in [3.8, 4) is 0 Å². The van der Waals surface area contributed by atoms with Crippen LogP contribution < -0.4 is 5.32 Å². The number of thiazole rings is 1. The van der Waals surface area contributed by atoms with Crippen LogP contribution >= 0.6 is 34.9 Å². The number of nitrogens with one attached hydrogen (secondary N) is 1. The number of hydrogen-bond acceptors (Lipinski definition) is 6. The molecular weight excluding hydrogens is 382 g/mol. The van der Waals surface area contributed by atoms with Gasteiger partial charge in [-0.2, -0.15) is 0 Å². The fourth-order valence-electron chi connectivity index (χ4n) is 2.71. The van der Waals surface area contributed by atoms with Gasteiger partial charge in [-0.05, 0) is 30.2 Å². The highest BCUT2D eigenvalue weighted by Crippen LogP contribution is 2.29. The number of rotatable bonds is 4. The number of thioether (sulfide) groups is 2. The van der Waals surface area contributed by atoms with Gasteiger partial charge in [-0.15, -0.1) is 0 Å². The summed E-state index contributed by atoms with van der Waals surface area (Å²) < 4.78 is 2.20. The minimum absolute atomic E-state index is 0.112. The minimum atomic E-state index is -0.112. The maximum Gasteiger partial charge on any atom is 0.257 e. The van der Waals surface area contributed by atoms with Crippen LogP contribution in [0.3, 0.4) is 0 Å². The molecule has 7 heteroatoms. The number of para-hydroxylation sites is 1. The van der Waals surface area contributed by atoms with Crippen LogP contribution in [-0.4, -0.2) is 27.6 Å². The summed E-state index contributed by atoms with van der Waals surface area (Å²) in [6.07, 6.45) is 0. The van der Waals surface area contributed by atoms with Gasteiger partial charge < -0.3 is 0 Å². The Labute approximate surface area is 164 Å². The van der Waals surface area contributed by atoms with Gasteiger partial charge in [0.25, 0.3) is 5.91 Å². The summed E-state index contributed by atoms with van der Waals surface area (Å²) in [6, 6.07) is 13.8. The Morgan fingerprint density at radius 2 is 2.12 bits per heavy atom. The third kappa shape index (κ3) is 3.79. The second kappa shape index (κ2) is 7.82. The number of nitrogens with zero attached hydrogens (tertiary/aromatic N) is 2. The maximum absolute atomic E-state index is 12.8. The molecule has 0 radical (unpaired) electrons. The first-order chi connectivity index (χ1) is 12.7. The number of fused-ring (bicyclic) bond motifs is 1. The average molecular weight is 400 g/mol. The zero-order valence-corrected chi connectivity index (χ0v) is 16.6. The van der Waals surface area contributed by atoms with E-state index in [1.54, 1.807) is 23.5 Å². The van der Waals surface area contributed by atoms with E-state index in [4.69, 9.17) is 0 Å². The maximum atomic E-state index is 12.8. The summed E-state index contributed by atoms with van der Waals surface area (Å²) in [5.74, 6) is 1.69. The predicted octanol–water partition coefficient (Wildman–Crippen LogP) is 5.19. The van der Waals surface area contributed by atoms with Gasteiger partial charge in [0.2, 0.25) is 0 Å². The number of carbonyl (C=O) groups is 1. The third-order valence-corrected chi connectivity index (χ3v) is 7.25. The Balaban J connectivity index is 1.52. The molecule has 0 bridgehead atoms. The molecule has 1 aliphatic heterocycles. The first-order valence-corrected chi connectivity index (χ1v) is 11.0. The van der Waals surface area contributed by atoms with Crippen molar-refractivity contribution in [2.45, 2.75) is 12.7 Å². The molecule has 0 fully saturated rings. The monoisotopic (exact) mass is 399 g/mol. The Morgan fingerprint density at radius 1 is 1.23 bits per heavy atom. The summed E-state index contributed by atoms with van der Waals surface area (Å²) in [5, 5.41) is 3.60. The van der Waals surface area contributed by atoms with Gasteiger partial charge in [-0.25, -0.2) is 4.98 Å². The van der Waals surface area contributed by atoms with Crippen molar-refractivity contribution in [3.63, 3.8) is 0 Å². The van der Waals surface area contributed by atoms with E-state index >= 15 is 0 Å². The van der Waals surface area contributed by atoms with Gasteiger partial charge in [0, 0.05) is 17.1 Å². The number of hydrogen-bond donors (Lipinski definition) is 1. The van der Waals surface area contributed by atoms with Crippen molar-refractivity contribution in [2.75, 3.05) is 17.6 Å². The smallest absolute Gasteiger partial charge is 0.257 e. The molecule has 132 valence electrons. The third-order valence-electron chi connectivity index (χ3n) is 4.01. The standard InChI is InChI=1S/C19H17N3OS3/c1-12-5-4-8-15-16(12)21-18(26-15)22-17(23)14-7-3-2-6-13(14)11-25-19-20-9-10-24-19/h2-8H,9-11H2,1H3,(H,21,22,23). The Hall–Kier alpha value is -1.83. The summed E-state index contributed by atoms with van der Waals surface area (Å²) >= 11 is 4.99. The summed E-state index contributed by atoms with van der Waals surface area (Å²) in [6.45, 7) is 2.93. The van der Waals surface area contributed by atoms with Gasteiger partial charge in [0.05, 0.1) is 16.8 Å². The number of aryl methyl sites for hydroxylation is 1. The van der Waals surface area contributed by atoms with Crippen LogP contribution in [-0.2, 0) is 5.75 Å². The van der Waals surface area contributed by atoms with Crippen molar-refractivity contribution in [1.29, 1.82) is 0 Å². The zero-order chi connectivity index (χ0) is 17.9. The van der Waals surface area contributed by atoms with Crippen LogP contribution in [0.2, 0.25) is 0 Å². The van der Waals surface area contributed by atoms with Gasteiger partial charge in [-0.3, -0.25) is 15.1 Å². The van der Waals surface area contributed by atoms with E-state index in [1.165, 1.54) is 11.3 Å². The lowest BCUT2D eigenvalue weighted by Crippen LogP contribution is -2.13. The van der Waals surface area contributed by atoms with Gasteiger partial charge in [0.1, 0.15) is 4.38 Å². The molecule has 3 aromatic rings. The van der Waals surface area contributed by atoms with Crippen LogP contribution in [0.4, 0.5) is 5.13 Å². The lowest BCUT2D eigenvalue weighted by molar-refractivity contribution is 0.102. The van der Waals surface area contributed by atoms with E-state index in [0.29, 0.717) is 10.7 Å². The molecule has 2 heterocycles. The van der Waals surface area contributed by atoms with Crippen molar-refractivity contribution in [1.82, 2.24) is 4.98 Å². The molecule has 4 rings (SSSR count). The molecule has 26 heavy (non-hydrogen) atoms. The SMILES string of the molecule is Cc1cccc2sc(NC(=O)c3ccccc3CSC3=NCCS3)nc12. The van der Waals surface area contributed by atoms with Crippen molar-refractivity contribution < 1.29 is 4.79 Å². The van der Waals surface area contributed by atoms with Gasteiger partial charge in [0.15, 0.2) is 5.13 Å². The molecule has 1 aromatic heterocycles. The first-order valence-electron chi connectivity index (χ1n) is 8.26. The normalized spacial score (nSPS) is 13.8. The fourth-order valence-corrected chi connectivity index (χ4v) is 5.67. The summed E-state index contributed by atoms with van der Waals surface area (Å²) in [5.41, 5.74) is 3.78. The molecule has 2 aromatic carbocycles. The molecule has 0 aliphatic carbocycles. The molecule has 0 spiro atoms. The largest absolute Gasteiger partial charge is 0.298 e. The molecule has 0 atom stereocenters.